The van der Waals surface area contributed by atoms with Crippen LogP contribution >= 0.6 is 0 Å². The Labute approximate surface area is 251 Å². The van der Waals surface area contributed by atoms with Gasteiger partial charge in [-0.1, -0.05) is 34.6 Å². The number of esters is 2. The molecule has 0 aromatic rings. The van der Waals surface area contributed by atoms with Crippen LogP contribution in [0.25, 0.3) is 0 Å². The monoisotopic (exact) mass is 610 g/mol. The Bertz CT molecular complexity index is 931. The molecule has 0 heterocycles. The van der Waals surface area contributed by atoms with Crippen LogP contribution in [0.3, 0.4) is 0 Å². The normalized spacial score (nSPS) is 17.8. The van der Waals surface area contributed by atoms with E-state index in [4.69, 9.17) is 14.2 Å². The summed E-state index contributed by atoms with van der Waals surface area (Å²) in [6, 6.07) is 0. The highest BCUT2D eigenvalue weighted by Gasteiger charge is 2.66. The van der Waals surface area contributed by atoms with Crippen molar-refractivity contribution in [3.8, 4) is 0 Å². The van der Waals surface area contributed by atoms with Gasteiger partial charge in [0, 0.05) is 5.41 Å². The summed E-state index contributed by atoms with van der Waals surface area (Å²) in [6.45, 7) is 24.6. The van der Waals surface area contributed by atoms with Crippen molar-refractivity contribution in [3.05, 3.63) is 0 Å². The molecular formula is C32H57F3O7. The van der Waals surface area contributed by atoms with Crippen LogP contribution in [0.4, 0.5) is 18.0 Å². The number of hydrogen-bond donors (Lipinski definition) is 0. The summed E-state index contributed by atoms with van der Waals surface area (Å²) in [5, 5.41) is 0. The van der Waals surface area contributed by atoms with Crippen LogP contribution in [0.15, 0.2) is 0 Å². The summed E-state index contributed by atoms with van der Waals surface area (Å²) < 4.78 is 61.6. The molecular weight excluding hydrogens is 553 g/mol. The molecule has 0 amide bonds. The van der Waals surface area contributed by atoms with Crippen LogP contribution in [0.5, 0.6) is 0 Å². The van der Waals surface area contributed by atoms with E-state index in [0.717, 1.165) is 33.1 Å². The first-order valence-electron chi connectivity index (χ1n) is 14.9. The maximum atomic E-state index is 13.7. The maximum Gasteiger partial charge on any atom is 0.509 e. The van der Waals surface area contributed by atoms with Crippen molar-refractivity contribution in [3.63, 3.8) is 0 Å². The number of rotatable bonds is 8. The predicted octanol–water partition coefficient (Wildman–Crippen LogP) is 9.34. The number of halogens is 3. The molecule has 248 valence electrons. The van der Waals surface area contributed by atoms with Crippen molar-refractivity contribution in [2.24, 2.45) is 16.2 Å². The van der Waals surface area contributed by atoms with Gasteiger partial charge in [-0.2, -0.15) is 13.2 Å². The van der Waals surface area contributed by atoms with Crippen LogP contribution in [0.1, 0.15) is 142 Å². The summed E-state index contributed by atoms with van der Waals surface area (Å²) >= 11 is 0. The lowest BCUT2D eigenvalue weighted by Crippen LogP contribution is -2.63. The summed E-state index contributed by atoms with van der Waals surface area (Å²) in [7, 11) is 0. The van der Waals surface area contributed by atoms with Crippen LogP contribution in [0.2, 0.25) is 0 Å². The van der Waals surface area contributed by atoms with Gasteiger partial charge in [0.15, 0.2) is 5.60 Å². The molecule has 0 aliphatic heterocycles. The SMILES string of the molecule is CCC(C)(C)C(=O)OC(C)(C)C(C)(OC(=O)OC(C)(C)C)C(F)(F)F.CCC(C)(C)C(=O)OC1(C(C)(C)C)CCCC1. The Morgan fingerprint density at radius 2 is 1.05 bits per heavy atom. The van der Waals surface area contributed by atoms with E-state index in [2.05, 4.69) is 25.5 Å². The van der Waals surface area contributed by atoms with Gasteiger partial charge in [-0.15, -0.1) is 0 Å². The molecule has 1 fully saturated rings. The predicted molar refractivity (Wildman–Crippen MR) is 157 cm³/mol. The van der Waals surface area contributed by atoms with E-state index in [1.807, 2.05) is 20.8 Å². The third kappa shape index (κ3) is 10.0. The van der Waals surface area contributed by atoms with E-state index in [1.165, 1.54) is 33.6 Å². The quantitative estimate of drug-likeness (QED) is 0.200. The van der Waals surface area contributed by atoms with Crippen molar-refractivity contribution in [1.82, 2.24) is 0 Å². The number of carbonyl (C=O) groups excluding carboxylic acids is 3. The molecule has 0 aromatic heterocycles. The van der Waals surface area contributed by atoms with Gasteiger partial charge in [-0.3, -0.25) is 9.59 Å². The minimum atomic E-state index is -5.00. The van der Waals surface area contributed by atoms with E-state index < -0.39 is 40.5 Å². The Kier molecular flexibility index (Phi) is 12.7. The first-order valence-corrected chi connectivity index (χ1v) is 14.9. The van der Waals surface area contributed by atoms with Gasteiger partial charge in [0.1, 0.15) is 11.2 Å². The molecule has 0 bridgehead atoms. The van der Waals surface area contributed by atoms with Gasteiger partial charge in [0.2, 0.25) is 5.60 Å². The Morgan fingerprint density at radius 3 is 1.38 bits per heavy atom. The Morgan fingerprint density at radius 1 is 0.643 bits per heavy atom. The van der Waals surface area contributed by atoms with E-state index >= 15 is 0 Å². The highest BCUT2D eigenvalue weighted by Crippen LogP contribution is 2.48. The van der Waals surface area contributed by atoms with Crippen LogP contribution in [-0.4, -0.2) is 46.7 Å². The molecule has 1 saturated carbocycles. The number of hydrogen-bond acceptors (Lipinski definition) is 7. The zero-order chi connectivity index (χ0) is 33.8. The summed E-state index contributed by atoms with van der Waals surface area (Å²) in [6.07, 6.45) is -0.905. The molecule has 42 heavy (non-hydrogen) atoms. The molecule has 0 saturated heterocycles. The van der Waals surface area contributed by atoms with Crippen molar-refractivity contribution in [2.75, 3.05) is 0 Å². The smallest absolute Gasteiger partial charge is 0.458 e. The van der Waals surface area contributed by atoms with Crippen molar-refractivity contribution < 1.29 is 46.5 Å². The first kappa shape index (κ1) is 40.0. The van der Waals surface area contributed by atoms with Crippen LogP contribution in [0, 0.1) is 16.2 Å². The topological polar surface area (TPSA) is 88.1 Å². The largest absolute Gasteiger partial charge is 0.509 e. The fourth-order valence-electron chi connectivity index (χ4n) is 3.98. The van der Waals surface area contributed by atoms with E-state index in [0.29, 0.717) is 13.3 Å². The van der Waals surface area contributed by atoms with Crippen molar-refractivity contribution in [1.29, 1.82) is 0 Å². The number of carbonyl (C=O) groups is 3. The fraction of sp³-hybridized carbons (Fsp3) is 0.906. The highest BCUT2D eigenvalue weighted by atomic mass is 19.4. The maximum absolute atomic E-state index is 13.7. The zero-order valence-electron chi connectivity index (χ0n) is 28.7. The lowest BCUT2D eigenvalue weighted by Gasteiger charge is -2.44. The second kappa shape index (κ2) is 13.3. The van der Waals surface area contributed by atoms with Crippen molar-refractivity contribution in [2.45, 2.75) is 171 Å². The van der Waals surface area contributed by atoms with Gasteiger partial charge in [0.05, 0.1) is 10.8 Å². The molecule has 0 aromatic carbocycles. The molecule has 0 radical (unpaired) electrons. The first-order chi connectivity index (χ1) is 18.4. The van der Waals surface area contributed by atoms with Crippen LogP contribution < -0.4 is 0 Å². The molecule has 1 aliphatic rings. The number of ether oxygens (including phenoxy) is 4. The van der Waals surface area contributed by atoms with Gasteiger partial charge in [-0.05, 0) is 108 Å². The molecule has 10 heteroatoms. The average molecular weight is 611 g/mol. The molecule has 0 spiro atoms. The molecule has 1 rings (SSSR count). The van der Waals surface area contributed by atoms with Gasteiger partial charge < -0.3 is 18.9 Å². The lowest BCUT2D eigenvalue weighted by molar-refractivity contribution is -0.311. The standard InChI is InChI=1S/C17H29F3O5.C15H28O2/c1-10-14(5,6)11(21)23-15(7,8)16(9,17(18,19)20)25-12(22)24-13(2,3)4;1-7-14(5,6)12(16)17-15(13(2,3)4)10-8-9-11-15/h10H2,1-9H3;7-11H2,1-6H3. The molecule has 1 unspecified atom stereocenters. The van der Waals surface area contributed by atoms with E-state index in [1.54, 1.807) is 20.8 Å². The Balaban J connectivity index is 0.000000858. The van der Waals surface area contributed by atoms with Crippen molar-refractivity contribution >= 4 is 18.1 Å². The fourth-order valence-corrected chi connectivity index (χ4v) is 3.98. The summed E-state index contributed by atoms with van der Waals surface area (Å²) in [5.74, 6) is -0.847. The third-order valence-corrected chi connectivity index (χ3v) is 8.65. The summed E-state index contributed by atoms with van der Waals surface area (Å²) in [4.78, 5) is 36.3. The average Bonchev–Trinajstić information content (AvgIpc) is 3.26. The third-order valence-electron chi connectivity index (χ3n) is 8.65. The lowest BCUT2D eigenvalue weighted by atomic mass is 9.74. The summed E-state index contributed by atoms with van der Waals surface area (Å²) in [5.41, 5.74) is -7.85. The molecule has 0 N–H and O–H groups in total. The van der Waals surface area contributed by atoms with Gasteiger partial charge in [0.25, 0.3) is 0 Å². The van der Waals surface area contributed by atoms with E-state index in [-0.39, 0.29) is 22.4 Å². The minimum Gasteiger partial charge on any atom is -0.458 e. The van der Waals surface area contributed by atoms with E-state index in [9.17, 15) is 27.6 Å². The molecule has 1 aliphatic carbocycles. The second-order valence-electron chi connectivity index (χ2n) is 15.3. The van der Waals surface area contributed by atoms with Gasteiger partial charge in [-0.25, -0.2) is 4.79 Å². The number of alkyl halides is 3. The zero-order valence-corrected chi connectivity index (χ0v) is 28.7. The minimum absolute atomic E-state index is 0.0307. The Hall–Kier alpha value is -2.00. The van der Waals surface area contributed by atoms with Crippen LogP contribution in [-0.2, 0) is 28.5 Å². The molecule has 1 atom stereocenters. The van der Waals surface area contributed by atoms with Gasteiger partial charge >= 0.3 is 24.3 Å². The highest BCUT2D eigenvalue weighted by molar-refractivity contribution is 5.77. The molecule has 7 nitrogen and oxygen atoms in total. The second-order valence-corrected chi connectivity index (χ2v) is 15.3.